The number of aromatic nitrogens is 4. The van der Waals surface area contributed by atoms with E-state index in [4.69, 9.17) is 4.98 Å². The number of fused-ring (bicyclic) bond motifs is 1. The average molecular weight is 307 g/mol. The summed E-state index contributed by atoms with van der Waals surface area (Å²) in [6, 6.07) is 6.62. The maximum atomic E-state index is 4.76. The van der Waals surface area contributed by atoms with Crippen LogP contribution in [-0.4, -0.2) is 30.8 Å². The lowest BCUT2D eigenvalue weighted by Crippen LogP contribution is -2.34. The Balaban J connectivity index is 1.63. The van der Waals surface area contributed by atoms with Crippen molar-refractivity contribution in [1.82, 2.24) is 24.3 Å². The van der Waals surface area contributed by atoms with Gasteiger partial charge < -0.3 is 0 Å². The summed E-state index contributed by atoms with van der Waals surface area (Å²) in [6.45, 7) is 4.12. The zero-order valence-electron chi connectivity index (χ0n) is 13.4. The molecule has 0 aliphatic carbocycles. The molecule has 0 aromatic carbocycles. The molecule has 0 bridgehead atoms. The zero-order chi connectivity index (χ0) is 15.6. The van der Waals surface area contributed by atoms with Crippen LogP contribution in [0.4, 0.5) is 0 Å². The van der Waals surface area contributed by atoms with Gasteiger partial charge in [0.1, 0.15) is 0 Å². The molecule has 0 spiro atoms. The molecule has 0 N–H and O–H groups in total. The van der Waals surface area contributed by atoms with E-state index in [0.29, 0.717) is 6.04 Å². The normalized spacial score (nSPS) is 19.3. The molecule has 1 saturated heterocycles. The van der Waals surface area contributed by atoms with Crippen molar-refractivity contribution < 1.29 is 0 Å². The number of pyridine rings is 1. The molecule has 3 aromatic rings. The summed E-state index contributed by atoms with van der Waals surface area (Å²) in [5, 5.41) is 0. The van der Waals surface area contributed by atoms with E-state index < -0.39 is 0 Å². The van der Waals surface area contributed by atoms with Crippen molar-refractivity contribution in [1.29, 1.82) is 0 Å². The lowest BCUT2D eigenvalue weighted by Gasteiger charge is -2.35. The maximum absolute atomic E-state index is 4.76. The third kappa shape index (κ3) is 2.84. The number of hydrogen-bond donors (Lipinski definition) is 0. The van der Waals surface area contributed by atoms with Gasteiger partial charge in [-0.05, 0) is 44.0 Å². The minimum atomic E-state index is 0.354. The summed E-state index contributed by atoms with van der Waals surface area (Å²) in [7, 11) is 0. The molecular weight excluding hydrogens is 286 g/mol. The number of piperidine rings is 1. The maximum Gasteiger partial charge on any atom is 0.233 e. The average Bonchev–Trinajstić information content (AvgIpc) is 3.05. The Kier molecular flexibility index (Phi) is 3.79. The number of nitrogens with zero attached hydrogens (tertiary/aromatic N) is 5. The number of hydrogen-bond acceptors (Lipinski definition) is 4. The standard InChI is InChI=1S/C18H21N5/c1-14-5-4-8-19-16(14)13-23-10-3-2-6-17(23)15-7-11-22-12-9-20-18(22)21-15/h4-5,7-9,11-12,17H,2-3,6,10,13H2,1H3/t17-/m1/s1. The lowest BCUT2D eigenvalue weighted by atomic mass is 9.98. The predicted octanol–water partition coefficient (Wildman–Crippen LogP) is 3.16. The van der Waals surface area contributed by atoms with Crippen LogP contribution in [-0.2, 0) is 6.54 Å². The highest BCUT2D eigenvalue weighted by Crippen LogP contribution is 2.31. The first-order chi connectivity index (χ1) is 11.3. The Morgan fingerprint density at radius 1 is 1.13 bits per heavy atom. The molecule has 1 fully saturated rings. The van der Waals surface area contributed by atoms with Gasteiger partial charge in [0.25, 0.3) is 0 Å². The second-order valence-electron chi connectivity index (χ2n) is 6.24. The summed E-state index contributed by atoms with van der Waals surface area (Å²) in [6.07, 6.45) is 11.3. The number of likely N-dealkylation sites (tertiary alicyclic amines) is 1. The third-order valence-corrected chi connectivity index (χ3v) is 4.71. The van der Waals surface area contributed by atoms with E-state index in [-0.39, 0.29) is 0 Å². The van der Waals surface area contributed by atoms with Crippen LogP contribution in [0.15, 0.2) is 43.0 Å². The van der Waals surface area contributed by atoms with Gasteiger partial charge >= 0.3 is 0 Å². The van der Waals surface area contributed by atoms with Crippen LogP contribution in [0.25, 0.3) is 5.78 Å². The molecule has 118 valence electrons. The molecule has 0 saturated carbocycles. The van der Waals surface area contributed by atoms with Crippen molar-refractivity contribution in [2.24, 2.45) is 0 Å². The van der Waals surface area contributed by atoms with E-state index in [1.54, 1.807) is 6.20 Å². The summed E-state index contributed by atoms with van der Waals surface area (Å²) < 4.78 is 1.96. The molecule has 23 heavy (non-hydrogen) atoms. The van der Waals surface area contributed by atoms with E-state index in [9.17, 15) is 0 Å². The van der Waals surface area contributed by atoms with E-state index in [1.165, 1.54) is 24.1 Å². The second kappa shape index (κ2) is 6.08. The first-order valence-corrected chi connectivity index (χ1v) is 8.25. The Morgan fingerprint density at radius 2 is 2.09 bits per heavy atom. The highest BCUT2D eigenvalue weighted by atomic mass is 15.2. The molecule has 0 amide bonds. The van der Waals surface area contributed by atoms with Crippen LogP contribution in [0.1, 0.15) is 42.3 Å². The smallest absolute Gasteiger partial charge is 0.233 e. The topological polar surface area (TPSA) is 46.3 Å². The van der Waals surface area contributed by atoms with Crippen molar-refractivity contribution in [3.63, 3.8) is 0 Å². The van der Waals surface area contributed by atoms with E-state index in [2.05, 4.69) is 40.1 Å². The highest BCUT2D eigenvalue weighted by Gasteiger charge is 2.26. The summed E-state index contributed by atoms with van der Waals surface area (Å²) in [5.41, 5.74) is 3.55. The molecule has 4 heterocycles. The van der Waals surface area contributed by atoms with Gasteiger partial charge in [-0.3, -0.25) is 14.3 Å². The van der Waals surface area contributed by atoms with Crippen LogP contribution >= 0.6 is 0 Å². The number of aryl methyl sites for hydroxylation is 1. The molecule has 0 unspecified atom stereocenters. The SMILES string of the molecule is Cc1cccnc1CN1CCCC[C@@H]1c1ccn2ccnc2n1. The van der Waals surface area contributed by atoms with Gasteiger partial charge in [-0.1, -0.05) is 12.5 Å². The molecule has 3 aromatic heterocycles. The molecule has 1 aliphatic rings. The Labute approximate surface area is 136 Å². The number of imidazole rings is 1. The summed E-state index contributed by atoms with van der Waals surface area (Å²) >= 11 is 0. The fraction of sp³-hybridized carbons (Fsp3) is 0.389. The summed E-state index contributed by atoms with van der Waals surface area (Å²) in [4.78, 5) is 16.2. The van der Waals surface area contributed by atoms with E-state index in [1.807, 2.05) is 22.9 Å². The van der Waals surface area contributed by atoms with Crippen molar-refractivity contribution in [2.75, 3.05) is 6.54 Å². The van der Waals surface area contributed by atoms with E-state index >= 15 is 0 Å². The van der Waals surface area contributed by atoms with Gasteiger partial charge in [-0.2, -0.15) is 0 Å². The van der Waals surface area contributed by atoms with Crippen LogP contribution in [0, 0.1) is 6.92 Å². The molecular formula is C18H21N5. The molecule has 4 rings (SSSR count). The Bertz CT molecular complexity index is 810. The molecule has 5 heteroatoms. The fourth-order valence-electron chi connectivity index (χ4n) is 3.39. The predicted molar refractivity (Wildman–Crippen MR) is 89.0 cm³/mol. The molecule has 1 atom stereocenters. The number of rotatable bonds is 3. The van der Waals surface area contributed by atoms with E-state index in [0.717, 1.165) is 31.0 Å². The van der Waals surface area contributed by atoms with Gasteiger partial charge in [0, 0.05) is 31.3 Å². The molecule has 0 radical (unpaired) electrons. The first-order valence-electron chi connectivity index (χ1n) is 8.25. The van der Waals surface area contributed by atoms with Crippen molar-refractivity contribution in [2.45, 2.75) is 38.8 Å². The van der Waals surface area contributed by atoms with Crippen LogP contribution < -0.4 is 0 Å². The van der Waals surface area contributed by atoms with Crippen LogP contribution in [0.5, 0.6) is 0 Å². The monoisotopic (exact) mass is 307 g/mol. The Hall–Kier alpha value is -2.27. The minimum absolute atomic E-state index is 0.354. The highest BCUT2D eigenvalue weighted by molar-refractivity contribution is 5.30. The summed E-state index contributed by atoms with van der Waals surface area (Å²) in [5.74, 6) is 0.780. The van der Waals surface area contributed by atoms with Gasteiger partial charge in [0.2, 0.25) is 5.78 Å². The zero-order valence-corrected chi connectivity index (χ0v) is 13.4. The van der Waals surface area contributed by atoms with Gasteiger partial charge in [0.05, 0.1) is 17.4 Å². The van der Waals surface area contributed by atoms with Gasteiger partial charge in [-0.25, -0.2) is 9.97 Å². The largest absolute Gasteiger partial charge is 0.291 e. The van der Waals surface area contributed by atoms with Gasteiger partial charge in [0.15, 0.2) is 0 Å². The Morgan fingerprint density at radius 3 is 3.00 bits per heavy atom. The minimum Gasteiger partial charge on any atom is -0.291 e. The first kappa shape index (κ1) is 14.3. The fourth-order valence-corrected chi connectivity index (χ4v) is 3.39. The molecule has 5 nitrogen and oxygen atoms in total. The van der Waals surface area contributed by atoms with Crippen molar-refractivity contribution in [3.05, 3.63) is 59.9 Å². The van der Waals surface area contributed by atoms with Gasteiger partial charge in [-0.15, -0.1) is 0 Å². The van der Waals surface area contributed by atoms with Crippen molar-refractivity contribution >= 4 is 5.78 Å². The van der Waals surface area contributed by atoms with Crippen LogP contribution in [0.3, 0.4) is 0 Å². The third-order valence-electron chi connectivity index (χ3n) is 4.71. The lowest BCUT2D eigenvalue weighted by molar-refractivity contribution is 0.135. The molecule has 1 aliphatic heterocycles. The van der Waals surface area contributed by atoms with Crippen LogP contribution in [0.2, 0.25) is 0 Å². The van der Waals surface area contributed by atoms with Crippen molar-refractivity contribution in [3.8, 4) is 0 Å². The second-order valence-corrected chi connectivity index (χ2v) is 6.24. The quantitative estimate of drug-likeness (QED) is 0.745.